The van der Waals surface area contributed by atoms with Crippen LogP contribution in [0.25, 0.3) is 0 Å². The van der Waals surface area contributed by atoms with Crippen LogP contribution in [-0.4, -0.2) is 43.5 Å². The van der Waals surface area contributed by atoms with Crippen molar-refractivity contribution < 1.29 is 4.79 Å². The molecule has 0 saturated heterocycles. The zero-order chi connectivity index (χ0) is 19.8. The molecule has 7 heteroatoms. The number of hydrogen-bond acceptors (Lipinski definition) is 4. The minimum Gasteiger partial charge on any atom is -0.356 e. The van der Waals surface area contributed by atoms with Crippen molar-refractivity contribution in [2.45, 2.75) is 39.0 Å². The predicted octanol–water partition coefficient (Wildman–Crippen LogP) is 2.78. The van der Waals surface area contributed by atoms with E-state index in [0.717, 1.165) is 62.0 Å². The summed E-state index contributed by atoms with van der Waals surface area (Å²) in [6, 6.07) is 8.17. The van der Waals surface area contributed by atoms with Crippen LogP contribution in [0.5, 0.6) is 0 Å². The maximum absolute atomic E-state index is 12.5. The van der Waals surface area contributed by atoms with Crippen LogP contribution >= 0.6 is 11.3 Å². The number of para-hydroxylation sites is 1. The van der Waals surface area contributed by atoms with E-state index in [9.17, 15) is 4.79 Å². The number of aryl methyl sites for hydroxylation is 1. The molecule has 0 saturated carbocycles. The predicted molar refractivity (Wildman–Crippen MR) is 116 cm³/mol. The minimum absolute atomic E-state index is 0.199. The lowest BCUT2D eigenvalue weighted by molar-refractivity contribution is -0.118. The third-order valence-electron chi connectivity index (χ3n) is 4.85. The molecule has 28 heavy (non-hydrogen) atoms. The molecule has 0 spiro atoms. The number of amides is 1. The first-order chi connectivity index (χ1) is 13.7. The lowest BCUT2D eigenvalue weighted by Gasteiger charge is -2.17. The number of thiazole rings is 1. The molecule has 0 aliphatic carbocycles. The molecule has 2 heterocycles. The first-order valence-corrected chi connectivity index (χ1v) is 10.8. The van der Waals surface area contributed by atoms with Gasteiger partial charge in [0.25, 0.3) is 0 Å². The Balaban J connectivity index is 1.34. The summed E-state index contributed by atoms with van der Waals surface area (Å²) in [6.45, 7) is 4.46. The van der Waals surface area contributed by atoms with Gasteiger partial charge in [0, 0.05) is 56.3 Å². The maximum Gasteiger partial charge on any atom is 0.227 e. The van der Waals surface area contributed by atoms with Crippen LogP contribution in [-0.2, 0) is 24.1 Å². The van der Waals surface area contributed by atoms with E-state index in [-0.39, 0.29) is 5.91 Å². The van der Waals surface area contributed by atoms with Gasteiger partial charge >= 0.3 is 0 Å². The largest absolute Gasteiger partial charge is 0.356 e. The molecule has 3 rings (SSSR count). The summed E-state index contributed by atoms with van der Waals surface area (Å²) in [6.07, 6.45) is 6.16. The van der Waals surface area contributed by atoms with Gasteiger partial charge in [-0.3, -0.25) is 9.79 Å². The highest BCUT2D eigenvalue weighted by molar-refractivity contribution is 7.11. The van der Waals surface area contributed by atoms with Crippen molar-refractivity contribution >= 4 is 28.9 Å². The van der Waals surface area contributed by atoms with Gasteiger partial charge in [-0.15, -0.1) is 11.3 Å². The normalized spacial score (nSPS) is 13.5. The monoisotopic (exact) mass is 399 g/mol. The Morgan fingerprint density at radius 2 is 2.11 bits per heavy atom. The quantitative estimate of drug-likeness (QED) is 0.407. The molecule has 1 aliphatic rings. The molecule has 0 unspecified atom stereocenters. The zero-order valence-corrected chi connectivity index (χ0v) is 17.5. The highest BCUT2D eigenvalue weighted by atomic mass is 32.1. The minimum atomic E-state index is 0.199. The standard InChI is InChI=1S/C21H29N5OS/c1-3-17-15-25-19(28-17)10-13-24-21(22-2)23-12-6-9-20(27)26-14-11-16-7-4-5-8-18(16)26/h4-5,7-8,15H,3,6,9-14H2,1-2H3,(H2,22,23,24). The Labute approximate surface area is 171 Å². The van der Waals surface area contributed by atoms with Gasteiger partial charge in [-0.05, 0) is 30.9 Å². The van der Waals surface area contributed by atoms with E-state index < -0.39 is 0 Å². The van der Waals surface area contributed by atoms with E-state index in [2.05, 4.69) is 33.6 Å². The molecular weight excluding hydrogens is 370 g/mol. The molecule has 0 fully saturated rings. The van der Waals surface area contributed by atoms with E-state index in [1.165, 1.54) is 10.4 Å². The molecule has 1 aromatic heterocycles. The van der Waals surface area contributed by atoms with Crippen LogP contribution in [0.1, 0.15) is 35.2 Å². The van der Waals surface area contributed by atoms with Crippen LogP contribution in [0.2, 0.25) is 0 Å². The van der Waals surface area contributed by atoms with Gasteiger partial charge in [0.2, 0.25) is 5.91 Å². The summed E-state index contributed by atoms with van der Waals surface area (Å²) in [5.74, 6) is 0.969. The summed E-state index contributed by atoms with van der Waals surface area (Å²) in [5, 5.41) is 7.75. The molecule has 2 N–H and O–H groups in total. The number of rotatable bonds is 8. The van der Waals surface area contributed by atoms with Crippen molar-refractivity contribution in [2.24, 2.45) is 4.99 Å². The number of carbonyl (C=O) groups excluding carboxylic acids is 1. The first-order valence-electron chi connectivity index (χ1n) is 9.97. The highest BCUT2D eigenvalue weighted by Crippen LogP contribution is 2.27. The second-order valence-electron chi connectivity index (χ2n) is 6.78. The lowest BCUT2D eigenvalue weighted by Crippen LogP contribution is -2.39. The number of nitrogens with zero attached hydrogens (tertiary/aromatic N) is 3. The van der Waals surface area contributed by atoms with Gasteiger partial charge < -0.3 is 15.5 Å². The zero-order valence-electron chi connectivity index (χ0n) is 16.7. The van der Waals surface area contributed by atoms with Crippen molar-refractivity contribution in [3.63, 3.8) is 0 Å². The third kappa shape index (κ3) is 5.32. The van der Waals surface area contributed by atoms with E-state index in [1.54, 1.807) is 18.4 Å². The second kappa shape index (κ2) is 10.2. The molecule has 1 aromatic carbocycles. The Bertz CT molecular complexity index is 817. The number of aliphatic imine (C=N–C) groups is 1. The van der Waals surface area contributed by atoms with E-state index in [4.69, 9.17) is 0 Å². The Morgan fingerprint density at radius 3 is 2.89 bits per heavy atom. The molecule has 1 amide bonds. The number of guanidine groups is 1. The van der Waals surface area contributed by atoms with Gasteiger partial charge in [0.1, 0.15) is 0 Å². The van der Waals surface area contributed by atoms with Crippen LogP contribution in [0.4, 0.5) is 5.69 Å². The van der Waals surface area contributed by atoms with Crippen LogP contribution < -0.4 is 15.5 Å². The molecule has 2 aromatic rings. The number of carbonyl (C=O) groups is 1. The second-order valence-corrected chi connectivity index (χ2v) is 7.98. The summed E-state index contributed by atoms with van der Waals surface area (Å²) < 4.78 is 0. The molecule has 150 valence electrons. The molecule has 0 radical (unpaired) electrons. The average molecular weight is 400 g/mol. The van der Waals surface area contributed by atoms with Crippen molar-refractivity contribution in [3.05, 3.63) is 45.9 Å². The summed E-state index contributed by atoms with van der Waals surface area (Å²) in [4.78, 5) is 24.4. The van der Waals surface area contributed by atoms with Crippen LogP contribution in [0.15, 0.2) is 35.5 Å². The third-order valence-corrected chi connectivity index (χ3v) is 6.05. The van der Waals surface area contributed by atoms with E-state index in [0.29, 0.717) is 6.42 Å². The number of hydrogen-bond donors (Lipinski definition) is 2. The first kappa shape index (κ1) is 20.3. The fourth-order valence-electron chi connectivity index (χ4n) is 3.31. The number of nitrogens with one attached hydrogen (secondary N) is 2. The average Bonchev–Trinajstić information content (AvgIpc) is 3.36. The summed E-state index contributed by atoms with van der Waals surface area (Å²) in [5.41, 5.74) is 2.34. The number of benzene rings is 1. The Morgan fingerprint density at radius 1 is 1.29 bits per heavy atom. The van der Waals surface area contributed by atoms with E-state index in [1.807, 2.05) is 29.3 Å². The van der Waals surface area contributed by atoms with Gasteiger partial charge in [0.05, 0.1) is 5.01 Å². The van der Waals surface area contributed by atoms with Crippen molar-refractivity contribution in [2.75, 3.05) is 31.6 Å². The fraction of sp³-hybridized carbons (Fsp3) is 0.476. The highest BCUT2D eigenvalue weighted by Gasteiger charge is 2.23. The van der Waals surface area contributed by atoms with Crippen LogP contribution in [0, 0.1) is 0 Å². The summed E-state index contributed by atoms with van der Waals surface area (Å²) in [7, 11) is 1.76. The van der Waals surface area contributed by atoms with Gasteiger partial charge in [-0.2, -0.15) is 0 Å². The smallest absolute Gasteiger partial charge is 0.227 e. The van der Waals surface area contributed by atoms with Crippen molar-refractivity contribution in [1.29, 1.82) is 0 Å². The van der Waals surface area contributed by atoms with Gasteiger partial charge in [-0.1, -0.05) is 25.1 Å². The number of aromatic nitrogens is 1. The van der Waals surface area contributed by atoms with Crippen molar-refractivity contribution in [1.82, 2.24) is 15.6 Å². The molecule has 0 bridgehead atoms. The molecule has 6 nitrogen and oxygen atoms in total. The number of fused-ring (bicyclic) bond motifs is 1. The molecule has 0 atom stereocenters. The van der Waals surface area contributed by atoms with Gasteiger partial charge in [0.15, 0.2) is 5.96 Å². The SMILES string of the molecule is CCc1cnc(CCNC(=NC)NCCCC(=O)N2CCc3ccccc32)s1. The Kier molecular flexibility index (Phi) is 7.42. The maximum atomic E-state index is 12.5. The van der Waals surface area contributed by atoms with Crippen molar-refractivity contribution in [3.8, 4) is 0 Å². The molecular formula is C21H29N5OS. The number of anilines is 1. The van der Waals surface area contributed by atoms with Crippen LogP contribution in [0.3, 0.4) is 0 Å². The topological polar surface area (TPSA) is 69.6 Å². The lowest BCUT2D eigenvalue weighted by atomic mass is 10.2. The van der Waals surface area contributed by atoms with Gasteiger partial charge in [-0.25, -0.2) is 4.98 Å². The summed E-state index contributed by atoms with van der Waals surface area (Å²) >= 11 is 1.77. The Hall–Kier alpha value is -2.41. The molecule has 1 aliphatic heterocycles. The van der Waals surface area contributed by atoms with E-state index >= 15 is 0 Å². The fourth-order valence-corrected chi connectivity index (χ4v) is 4.18.